The van der Waals surface area contributed by atoms with Crippen LogP contribution in [0.4, 0.5) is 0 Å². The van der Waals surface area contributed by atoms with Gasteiger partial charge in [0.25, 0.3) is 0 Å². The number of hydrogen-bond donors (Lipinski definition) is 2. The standard InChI is InChI=1S/C13H27N3O3S/c1-4-5-8-14-13(17)11(2)15-12-6-9-16(10-7-12)20(3,18)19/h11-12,15H,4-10H2,1-3H3,(H,14,17). The molecular formula is C13H27N3O3S. The van der Waals surface area contributed by atoms with Crippen LogP contribution in [0.1, 0.15) is 39.5 Å². The summed E-state index contributed by atoms with van der Waals surface area (Å²) in [6, 6.07) is -0.0263. The van der Waals surface area contributed by atoms with Gasteiger partial charge >= 0.3 is 0 Å². The summed E-state index contributed by atoms with van der Waals surface area (Å²) in [5, 5.41) is 6.18. The quantitative estimate of drug-likeness (QED) is 0.663. The van der Waals surface area contributed by atoms with Gasteiger partial charge < -0.3 is 10.6 Å². The van der Waals surface area contributed by atoms with Crippen LogP contribution < -0.4 is 10.6 Å². The number of carbonyl (C=O) groups is 1. The number of amides is 1. The van der Waals surface area contributed by atoms with E-state index < -0.39 is 10.0 Å². The van der Waals surface area contributed by atoms with Crippen LogP contribution in [-0.2, 0) is 14.8 Å². The molecule has 0 radical (unpaired) electrons. The van der Waals surface area contributed by atoms with Crippen LogP contribution in [0.15, 0.2) is 0 Å². The monoisotopic (exact) mass is 305 g/mol. The van der Waals surface area contributed by atoms with Crippen LogP contribution in [0.25, 0.3) is 0 Å². The molecular weight excluding hydrogens is 278 g/mol. The topological polar surface area (TPSA) is 78.5 Å². The predicted molar refractivity (Wildman–Crippen MR) is 80.0 cm³/mol. The van der Waals surface area contributed by atoms with E-state index in [9.17, 15) is 13.2 Å². The zero-order valence-corrected chi connectivity index (χ0v) is 13.5. The lowest BCUT2D eigenvalue weighted by Crippen LogP contribution is -2.51. The molecule has 0 aromatic heterocycles. The van der Waals surface area contributed by atoms with Crippen LogP contribution in [0.5, 0.6) is 0 Å². The average molecular weight is 305 g/mol. The summed E-state index contributed by atoms with van der Waals surface area (Å²) in [4.78, 5) is 11.8. The van der Waals surface area contributed by atoms with Crippen LogP contribution in [0, 0.1) is 0 Å². The fourth-order valence-corrected chi connectivity index (χ4v) is 3.20. The summed E-state index contributed by atoms with van der Waals surface area (Å²) < 4.78 is 24.3. The van der Waals surface area contributed by atoms with Gasteiger partial charge in [-0.3, -0.25) is 4.79 Å². The molecule has 1 fully saturated rings. The Morgan fingerprint density at radius 3 is 2.45 bits per heavy atom. The molecule has 0 spiro atoms. The van der Waals surface area contributed by atoms with Gasteiger partial charge in [0, 0.05) is 25.7 Å². The van der Waals surface area contributed by atoms with E-state index in [0.29, 0.717) is 19.6 Å². The summed E-state index contributed by atoms with van der Waals surface area (Å²) in [5.74, 6) is 0.0176. The zero-order chi connectivity index (χ0) is 15.2. The molecule has 118 valence electrons. The van der Waals surface area contributed by atoms with Gasteiger partial charge in [-0.05, 0) is 26.2 Å². The van der Waals surface area contributed by atoms with Gasteiger partial charge in [-0.1, -0.05) is 13.3 Å². The summed E-state index contributed by atoms with van der Waals surface area (Å²) in [6.45, 7) is 5.71. The molecule has 20 heavy (non-hydrogen) atoms. The van der Waals surface area contributed by atoms with E-state index in [1.165, 1.54) is 10.6 Å². The van der Waals surface area contributed by atoms with Gasteiger partial charge in [0.05, 0.1) is 12.3 Å². The molecule has 1 aliphatic heterocycles. The third-order valence-electron chi connectivity index (χ3n) is 3.63. The average Bonchev–Trinajstić information content (AvgIpc) is 2.38. The van der Waals surface area contributed by atoms with Crippen molar-refractivity contribution in [1.82, 2.24) is 14.9 Å². The molecule has 7 heteroatoms. The Hall–Kier alpha value is -0.660. The Bertz CT molecular complexity index is 403. The van der Waals surface area contributed by atoms with E-state index >= 15 is 0 Å². The Morgan fingerprint density at radius 1 is 1.35 bits per heavy atom. The SMILES string of the molecule is CCCCNC(=O)C(C)NC1CCN(S(C)(=O)=O)CC1. The van der Waals surface area contributed by atoms with Crippen molar-refractivity contribution in [3.05, 3.63) is 0 Å². The van der Waals surface area contributed by atoms with Crippen LogP contribution in [-0.4, -0.2) is 56.6 Å². The lowest BCUT2D eigenvalue weighted by atomic mass is 10.1. The first-order valence-corrected chi connectivity index (χ1v) is 9.18. The van der Waals surface area contributed by atoms with Crippen LogP contribution in [0.3, 0.4) is 0 Å². The highest BCUT2D eigenvalue weighted by Gasteiger charge is 2.26. The molecule has 0 aromatic carbocycles. The highest BCUT2D eigenvalue weighted by Crippen LogP contribution is 2.13. The van der Waals surface area contributed by atoms with Crippen molar-refractivity contribution >= 4 is 15.9 Å². The summed E-state index contributed by atoms with van der Waals surface area (Å²) in [5.41, 5.74) is 0. The number of unbranched alkanes of at least 4 members (excludes halogenated alkanes) is 1. The second-order valence-corrected chi connectivity index (χ2v) is 7.45. The molecule has 1 saturated heterocycles. The number of rotatable bonds is 7. The maximum absolute atomic E-state index is 11.8. The molecule has 1 unspecified atom stereocenters. The van der Waals surface area contributed by atoms with Crippen molar-refractivity contribution in [1.29, 1.82) is 0 Å². The number of nitrogens with one attached hydrogen (secondary N) is 2. The van der Waals surface area contributed by atoms with E-state index in [-0.39, 0.29) is 18.0 Å². The maximum atomic E-state index is 11.8. The van der Waals surface area contributed by atoms with Gasteiger partial charge in [0.15, 0.2) is 0 Å². The molecule has 0 saturated carbocycles. The lowest BCUT2D eigenvalue weighted by molar-refractivity contribution is -0.123. The molecule has 1 aliphatic rings. The molecule has 1 heterocycles. The van der Waals surface area contributed by atoms with Crippen molar-refractivity contribution in [3.8, 4) is 0 Å². The first-order valence-electron chi connectivity index (χ1n) is 7.33. The predicted octanol–water partition coefficient (Wildman–Crippen LogP) is 0.305. The molecule has 0 bridgehead atoms. The van der Waals surface area contributed by atoms with Crippen molar-refractivity contribution in [3.63, 3.8) is 0 Å². The van der Waals surface area contributed by atoms with Crippen molar-refractivity contribution < 1.29 is 13.2 Å². The molecule has 2 N–H and O–H groups in total. The van der Waals surface area contributed by atoms with Gasteiger partial charge in [-0.25, -0.2) is 12.7 Å². The molecule has 0 aliphatic carbocycles. The first kappa shape index (κ1) is 17.4. The number of carbonyl (C=O) groups excluding carboxylic acids is 1. The molecule has 1 atom stereocenters. The number of hydrogen-bond acceptors (Lipinski definition) is 4. The Labute approximate surface area is 122 Å². The Morgan fingerprint density at radius 2 is 1.95 bits per heavy atom. The van der Waals surface area contributed by atoms with E-state index in [4.69, 9.17) is 0 Å². The number of nitrogens with zero attached hydrogens (tertiary/aromatic N) is 1. The summed E-state index contributed by atoms with van der Waals surface area (Å²) >= 11 is 0. The van der Waals surface area contributed by atoms with Gasteiger partial charge in [0.2, 0.25) is 15.9 Å². The third-order valence-corrected chi connectivity index (χ3v) is 4.93. The largest absolute Gasteiger partial charge is 0.355 e. The fraction of sp³-hybridized carbons (Fsp3) is 0.923. The van der Waals surface area contributed by atoms with Gasteiger partial charge in [-0.2, -0.15) is 0 Å². The summed E-state index contributed by atoms with van der Waals surface area (Å²) in [6.07, 6.45) is 4.79. The van der Waals surface area contributed by atoms with E-state index in [1.54, 1.807) is 0 Å². The molecule has 6 nitrogen and oxygen atoms in total. The van der Waals surface area contributed by atoms with Crippen molar-refractivity contribution in [2.75, 3.05) is 25.9 Å². The zero-order valence-electron chi connectivity index (χ0n) is 12.7. The lowest BCUT2D eigenvalue weighted by Gasteiger charge is -2.32. The van der Waals surface area contributed by atoms with Gasteiger partial charge in [-0.15, -0.1) is 0 Å². The van der Waals surface area contributed by atoms with Crippen molar-refractivity contribution in [2.45, 2.75) is 51.6 Å². The highest BCUT2D eigenvalue weighted by atomic mass is 32.2. The van der Waals surface area contributed by atoms with Crippen molar-refractivity contribution in [2.24, 2.45) is 0 Å². The molecule has 1 rings (SSSR count). The number of sulfonamides is 1. The minimum atomic E-state index is -3.08. The van der Waals surface area contributed by atoms with Crippen LogP contribution >= 0.6 is 0 Å². The van der Waals surface area contributed by atoms with Crippen LogP contribution in [0.2, 0.25) is 0 Å². The normalized spacial score (nSPS) is 19.8. The van der Waals surface area contributed by atoms with E-state index in [2.05, 4.69) is 17.6 Å². The minimum absolute atomic E-state index is 0.0176. The Kier molecular flexibility index (Phi) is 6.91. The first-order chi connectivity index (χ1) is 9.34. The minimum Gasteiger partial charge on any atom is -0.355 e. The second-order valence-electron chi connectivity index (χ2n) is 5.47. The molecule has 0 aromatic rings. The fourth-order valence-electron chi connectivity index (χ4n) is 2.32. The number of piperidine rings is 1. The molecule has 1 amide bonds. The van der Waals surface area contributed by atoms with E-state index in [0.717, 1.165) is 25.7 Å². The smallest absolute Gasteiger partial charge is 0.236 e. The highest BCUT2D eigenvalue weighted by molar-refractivity contribution is 7.88. The second kappa shape index (κ2) is 7.95. The van der Waals surface area contributed by atoms with Gasteiger partial charge in [0.1, 0.15) is 0 Å². The Balaban J connectivity index is 2.30. The summed E-state index contributed by atoms with van der Waals surface area (Å²) in [7, 11) is -3.08. The maximum Gasteiger partial charge on any atom is 0.236 e. The third kappa shape index (κ3) is 5.76. The van der Waals surface area contributed by atoms with E-state index in [1.807, 2.05) is 6.92 Å².